The molecule has 0 unspecified atom stereocenters. The van der Waals surface area contributed by atoms with E-state index in [0.29, 0.717) is 11.4 Å². The third-order valence-corrected chi connectivity index (χ3v) is 6.92. The molecule has 216 valence electrons. The van der Waals surface area contributed by atoms with Crippen molar-refractivity contribution in [3.8, 4) is 0 Å². The highest BCUT2D eigenvalue weighted by Crippen LogP contribution is 2.29. The Morgan fingerprint density at radius 2 is 1.31 bits per heavy atom. The molecule has 0 radical (unpaired) electrons. The summed E-state index contributed by atoms with van der Waals surface area (Å²) >= 11 is 6.67. The van der Waals surface area contributed by atoms with Gasteiger partial charge in [0.2, 0.25) is 19.1 Å². The van der Waals surface area contributed by atoms with Gasteiger partial charge < -0.3 is 15.5 Å². The lowest BCUT2D eigenvalue weighted by molar-refractivity contribution is 0.370. The summed E-state index contributed by atoms with van der Waals surface area (Å²) in [5.41, 5.74) is 11.2. The molecule has 3 N–H and O–H groups in total. The molecule has 0 aromatic carbocycles. The number of likely N-dealkylation sites (N-methyl/N-ethyl adjacent to an activating group) is 2. The van der Waals surface area contributed by atoms with E-state index in [2.05, 4.69) is 93.3 Å². The second-order valence-electron chi connectivity index (χ2n) is 9.18. The Kier molecular flexibility index (Phi) is 12.9. The zero-order valence-corrected chi connectivity index (χ0v) is 27.7. The summed E-state index contributed by atoms with van der Waals surface area (Å²) in [5, 5.41) is 0. The second-order valence-corrected chi connectivity index (χ2v) is 15.8. The van der Waals surface area contributed by atoms with Gasteiger partial charge in [0.25, 0.3) is 0 Å². The number of aromatic nitrogens is 2. The van der Waals surface area contributed by atoms with Crippen molar-refractivity contribution in [1.29, 1.82) is 0 Å². The average molecular weight is 729 g/mol. The van der Waals surface area contributed by atoms with Crippen molar-refractivity contribution < 1.29 is 16.8 Å². The Morgan fingerprint density at radius 3 is 1.72 bits per heavy atom. The van der Waals surface area contributed by atoms with Crippen molar-refractivity contribution in [3.05, 3.63) is 57.0 Å². The number of hydrogen-bond donors (Lipinski definition) is 2. The largest absolute Gasteiger partial charge is 0.397 e. The van der Waals surface area contributed by atoms with E-state index in [1.165, 1.54) is 5.57 Å². The highest BCUT2D eigenvalue weighted by atomic mass is 79.9. The van der Waals surface area contributed by atoms with Gasteiger partial charge in [-0.1, -0.05) is 12.2 Å². The van der Waals surface area contributed by atoms with E-state index < -0.39 is 19.1 Å². The molecule has 10 nitrogen and oxygen atoms in total. The first kappa shape index (κ1) is 33.7. The number of nitrogens with zero attached hydrogens (tertiary/aromatic N) is 4. The van der Waals surface area contributed by atoms with Crippen molar-refractivity contribution in [3.63, 3.8) is 0 Å². The van der Waals surface area contributed by atoms with Gasteiger partial charge in [0.05, 0.1) is 35.3 Å². The minimum atomic E-state index is -3.31. The van der Waals surface area contributed by atoms with Gasteiger partial charge in [-0.2, -0.15) is 0 Å². The summed E-state index contributed by atoms with van der Waals surface area (Å²) in [4.78, 5) is 13.2. The zero-order chi connectivity index (χ0) is 29.4. The molecule has 2 aliphatic rings. The van der Waals surface area contributed by atoms with Gasteiger partial charge in [-0.05, 0) is 82.1 Å². The molecule has 2 aliphatic heterocycles. The molecule has 15 heteroatoms. The van der Waals surface area contributed by atoms with Crippen LogP contribution in [0.25, 0.3) is 11.1 Å². The standard InChI is InChI=1S/C12H16BrN3O2S.C11H14BrN3.CH3ClO2S/c1-16-5-3-9(4-6-16)12-11(15-19(2,17)18)7-10(13)8-14-12;1-15-4-2-8(3-5-15)11-10(13)6-9(12)7-14-11;1-5(2,3)4/h3,7-8,15H,4-6H2,1-2H3;2,6-7H,3-5,13H2,1H3;1H3. The van der Waals surface area contributed by atoms with Crippen molar-refractivity contribution >= 4 is 84.1 Å². The Morgan fingerprint density at radius 1 is 0.872 bits per heavy atom. The van der Waals surface area contributed by atoms with Crippen LogP contribution in [-0.2, 0) is 19.1 Å². The number of rotatable bonds is 4. The van der Waals surface area contributed by atoms with Gasteiger partial charge in [0, 0.05) is 58.2 Å². The number of sulfonamides is 1. The molecule has 39 heavy (non-hydrogen) atoms. The van der Waals surface area contributed by atoms with Crippen molar-refractivity contribution in [2.45, 2.75) is 12.8 Å². The molecular formula is C24H33Br2ClN6O4S2. The Hall–Kier alpha value is -1.55. The molecule has 4 rings (SSSR count). The normalized spacial score (nSPS) is 16.6. The second kappa shape index (κ2) is 14.9. The first-order valence-electron chi connectivity index (χ1n) is 11.7. The summed E-state index contributed by atoms with van der Waals surface area (Å²) in [6.45, 7) is 3.85. The Balaban J connectivity index is 0.000000238. The molecule has 4 heterocycles. The number of nitrogens with two attached hydrogens (primary N) is 1. The van der Waals surface area contributed by atoms with E-state index >= 15 is 0 Å². The van der Waals surface area contributed by atoms with Crippen LogP contribution in [0.5, 0.6) is 0 Å². The maximum Gasteiger partial charge on any atom is 0.229 e. The maximum absolute atomic E-state index is 11.4. The summed E-state index contributed by atoms with van der Waals surface area (Å²) in [6, 6.07) is 3.64. The molecule has 0 bridgehead atoms. The highest BCUT2D eigenvalue weighted by molar-refractivity contribution is 9.10. The van der Waals surface area contributed by atoms with Crippen LogP contribution < -0.4 is 10.5 Å². The Labute approximate surface area is 252 Å². The molecule has 0 saturated carbocycles. The molecule has 0 fully saturated rings. The monoisotopic (exact) mass is 726 g/mol. The minimum Gasteiger partial charge on any atom is -0.397 e. The fourth-order valence-corrected chi connectivity index (χ4v) is 4.90. The summed E-state index contributed by atoms with van der Waals surface area (Å²) in [7, 11) is 2.16. The highest BCUT2D eigenvalue weighted by Gasteiger charge is 2.17. The van der Waals surface area contributed by atoms with Gasteiger partial charge in [0.1, 0.15) is 0 Å². The van der Waals surface area contributed by atoms with Crippen molar-refractivity contribution in [1.82, 2.24) is 19.8 Å². The Bertz CT molecular complexity index is 1430. The number of nitrogen functional groups attached to an aromatic ring is 1. The molecule has 2 aromatic heterocycles. The smallest absolute Gasteiger partial charge is 0.229 e. The number of anilines is 2. The number of nitrogens with one attached hydrogen (secondary N) is 1. The molecule has 0 spiro atoms. The van der Waals surface area contributed by atoms with Crippen LogP contribution in [-0.4, -0.2) is 89.4 Å². The first-order chi connectivity index (χ1) is 18.0. The van der Waals surface area contributed by atoms with Crippen LogP contribution in [0.1, 0.15) is 24.2 Å². The average Bonchev–Trinajstić information content (AvgIpc) is 2.79. The molecule has 0 aliphatic carbocycles. The summed E-state index contributed by atoms with van der Waals surface area (Å²) in [6.07, 6.45) is 11.7. The third kappa shape index (κ3) is 13.1. The van der Waals surface area contributed by atoms with E-state index in [1.54, 1.807) is 18.5 Å². The van der Waals surface area contributed by atoms with Gasteiger partial charge in [-0.3, -0.25) is 14.7 Å². The topological polar surface area (TPSA) is 139 Å². The first-order valence-corrected chi connectivity index (χ1v) is 17.9. The van der Waals surface area contributed by atoms with Crippen LogP contribution in [0.15, 0.2) is 45.6 Å². The quantitative estimate of drug-likeness (QED) is 0.443. The minimum absolute atomic E-state index is 0.521. The fourth-order valence-electron chi connectivity index (χ4n) is 3.67. The van der Waals surface area contributed by atoms with E-state index in [9.17, 15) is 16.8 Å². The molecular weight excluding hydrogens is 696 g/mol. The SMILES string of the molecule is CN1CC=C(c2ncc(Br)cc2N)CC1.CN1CC=C(c2ncc(Br)cc2NS(C)(=O)=O)CC1.CS(=O)(=O)Cl. The lowest BCUT2D eigenvalue weighted by Crippen LogP contribution is -2.24. The number of pyridine rings is 2. The fraction of sp³-hybridized carbons (Fsp3) is 0.417. The van der Waals surface area contributed by atoms with E-state index in [4.69, 9.17) is 5.73 Å². The van der Waals surface area contributed by atoms with Crippen molar-refractivity contribution in [2.75, 3.05) is 63.2 Å². The third-order valence-electron chi connectivity index (χ3n) is 5.47. The van der Waals surface area contributed by atoms with Crippen LogP contribution in [0.2, 0.25) is 0 Å². The van der Waals surface area contributed by atoms with E-state index in [0.717, 1.165) is 77.4 Å². The number of hydrogen-bond acceptors (Lipinski definition) is 9. The van der Waals surface area contributed by atoms with Gasteiger partial charge in [-0.25, -0.2) is 16.8 Å². The van der Waals surface area contributed by atoms with Crippen LogP contribution in [0, 0.1) is 0 Å². The van der Waals surface area contributed by atoms with Gasteiger partial charge in [0.15, 0.2) is 0 Å². The molecule has 0 amide bonds. The van der Waals surface area contributed by atoms with Crippen LogP contribution in [0.4, 0.5) is 11.4 Å². The van der Waals surface area contributed by atoms with Crippen LogP contribution in [0.3, 0.4) is 0 Å². The molecule has 0 saturated heterocycles. The van der Waals surface area contributed by atoms with Crippen molar-refractivity contribution in [2.24, 2.45) is 0 Å². The van der Waals surface area contributed by atoms with E-state index in [1.807, 2.05) is 6.07 Å². The predicted molar refractivity (Wildman–Crippen MR) is 168 cm³/mol. The number of halogens is 3. The van der Waals surface area contributed by atoms with E-state index in [-0.39, 0.29) is 0 Å². The lowest BCUT2D eigenvalue weighted by Gasteiger charge is -2.22. The predicted octanol–water partition coefficient (Wildman–Crippen LogP) is 4.26. The van der Waals surface area contributed by atoms with Gasteiger partial charge >= 0.3 is 0 Å². The summed E-state index contributed by atoms with van der Waals surface area (Å²) in [5.74, 6) is 0. The molecule has 2 aromatic rings. The molecule has 0 atom stereocenters. The van der Waals surface area contributed by atoms with Gasteiger partial charge in [-0.15, -0.1) is 0 Å². The summed E-state index contributed by atoms with van der Waals surface area (Å²) < 4.78 is 45.8. The zero-order valence-electron chi connectivity index (χ0n) is 22.2. The maximum atomic E-state index is 11.4. The van der Waals surface area contributed by atoms with Crippen LogP contribution >= 0.6 is 42.5 Å². The lowest BCUT2D eigenvalue weighted by atomic mass is 10.0.